The first-order valence-corrected chi connectivity index (χ1v) is 6.20. The third-order valence-electron chi connectivity index (χ3n) is 3.26. The molecule has 1 aliphatic heterocycles. The van der Waals surface area contributed by atoms with Crippen molar-refractivity contribution in [1.29, 1.82) is 0 Å². The largest absolute Gasteiger partial charge is 0.480 e. The number of ether oxygens (including phenoxy) is 1. The molecule has 0 spiro atoms. The zero-order valence-corrected chi connectivity index (χ0v) is 11.2. The molecule has 8 heteroatoms. The number of halogens is 2. The van der Waals surface area contributed by atoms with Crippen LogP contribution in [0.3, 0.4) is 0 Å². The van der Waals surface area contributed by atoms with Crippen LogP contribution in [0, 0.1) is 11.6 Å². The number of carboxylic acid groups (broad SMARTS) is 1. The molecule has 2 rings (SSSR count). The van der Waals surface area contributed by atoms with Crippen LogP contribution in [0.2, 0.25) is 0 Å². The second kappa shape index (κ2) is 6.04. The zero-order valence-electron chi connectivity index (χ0n) is 11.2. The summed E-state index contributed by atoms with van der Waals surface area (Å²) in [7, 11) is 1.42. The fraction of sp³-hybridized carbons (Fsp3) is 0.385. The molecular formula is C13H14F2N2O4. The normalized spacial score (nSPS) is 21.4. The zero-order chi connectivity index (χ0) is 15.6. The molecule has 1 aliphatic rings. The van der Waals surface area contributed by atoms with Gasteiger partial charge in [-0.2, -0.15) is 0 Å². The second-order valence-electron chi connectivity index (χ2n) is 4.69. The molecule has 0 aliphatic carbocycles. The van der Waals surface area contributed by atoms with Gasteiger partial charge in [-0.25, -0.2) is 18.4 Å². The maximum Gasteiger partial charge on any atom is 0.326 e. The van der Waals surface area contributed by atoms with Crippen molar-refractivity contribution in [3.63, 3.8) is 0 Å². The summed E-state index contributed by atoms with van der Waals surface area (Å²) in [6.45, 7) is 0.0943. The van der Waals surface area contributed by atoms with Crippen LogP contribution in [0.5, 0.6) is 0 Å². The van der Waals surface area contributed by atoms with Gasteiger partial charge in [0.15, 0.2) is 0 Å². The molecule has 1 heterocycles. The minimum atomic E-state index is -1.16. The highest BCUT2D eigenvalue weighted by atomic mass is 19.1. The summed E-state index contributed by atoms with van der Waals surface area (Å²) in [6.07, 6.45) is -0.224. The van der Waals surface area contributed by atoms with Crippen LogP contribution in [0.4, 0.5) is 19.3 Å². The molecule has 2 amide bonds. The lowest BCUT2D eigenvalue weighted by molar-refractivity contribution is -0.141. The van der Waals surface area contributed by atoms with Crippen molar-refractivity contribution in [1.82, 2.24) is 4.90 Å². The number of likely N-dealkylation sites (tertiary alicyclic amines) is 1. The van der Waals surface area contributed by atoms with E-state index in [1.54, 1.807) is 0 Å². The third-order valence-corrected chi connectivity index (χ3v) is 3.26. The molecule has 6 nitrogen and oxygen atoms in total. The van der Waals surface area contributed by atoms with Crippen LogP contribution in [0.1, 0.15) is 6.42 Å². The molecule has 2 unspecified atom stereocenters. The highest BCUT2D eigenvalue weighted by Crippen LogP contribution is 2.22. The smallest absolute Gasteiger partial charge is 0.326 e. The number of anilines is 1. The number of hydrogen-bond acceptors (Lipinski definition) is 3. The number of methoxy groups -OCH3 is 1. The average Bonchev–Trinajstić information content (AvgIpc) is 2.81. The van der Waals surface area contributed by atoms with Gasteiger partial charge in [-0.15, -0.1) is 0 Å². The molecule has 1 aromatic carbocycles. The van der Waals surface area contributed by atoms with Crippen molar-refractivity contribution in [3.8, 4) is 0 Å². The number of carboxylic acids is 1. The molecule has 0 radical (unpaired) electrons. The Hall–Kier alpha value is -2.22. The minimum absolute atomic E-state index is 0.0810. The van der Waals surface area contributed by atoms with Gasteiger partial charge in [0.1, 0.15) is 17.7 Å². The molecule has 114 valence electrons. The van der Waals surface area contributed by atoms with Gasteiger partial charge in [-0.05, 0) is 12.1 Å². The van der Waals surface area contributed by atoms with Crippen LogP contribution in [-0.2, 0) is 9.53 Å². The predicted octanol–water partition coefficient (Wildman–Crippen LogP) is 1.67. The van der Waals surface area contributed by atoms with E-state index in [9.17, 15) is 18.4 Å². The van der Waals surface area contributed by atoms with Gasteiger partial charge in [0.25, 0.3) is 0 Å². The summed E-state index contributed by atoms with van der Waals surface area (Å²) >= 11 is 0. The lowest BCUT2D eigenvalue weighted by atomic mass is 10.2. The first-order valence-electron chi connectivity index (χ1n) is 6.20. The van der Waals surface area contributed by atoms with E-state index in [1.807, 2.05) is 0 Å². The first kappa shape index (κ1) is 15.2. The Kier molecular flexibility index (Phi) is 4.37. The van der Waals surface area contributed by atoms with Gasteiger partial charge >= 0.3 is 12.0 Å². The number of carbonyl (C=O) groups is 2. The quantitative estimate of drug-likeness (QED) is 0.890. The van der Waals surface area contributed by atoms with Gasteiger partial charge in [-0.3, -0.25) is 0 Å². The summed E-state index contributed by atoms with van der Waals surface area (Å²) in [5, 5.41) is 11.4. The number of aliphatic carboxylic acids is 1. The van der Waals surface area contributed by atoms with Crippen LogP contribution < -0.4 is 5.32 Å². The molecule has 1 fully saturated rings. The highest BCUT2D eigenvalue weighted by Gasteiger charge is 2.39. The maximum atomic E-state index is 13.1. The molecule has 2 N–H and O–H groups in total. The molecule has 0 saturated carbocycles. The summed E-state index contributed by atoms with van der Waals surface area (Å²) < 4.78 is 31.2. The number of urea groups is 1. The van der Waals surface area contributed by atoms with E-state index in [0.717, 1.165) is 17.0 Å². The van der Waals surface area contributed by atoms with Crippen LogP contribution in [-0.4, -0.2) is 47.8 Å². The Labute approximate surface area is 119 Å². The van der Waals surface area contributed by atoms with E-state index < -0.39 is 29.7 Å². The lowest BCUT2D eigenvalue weighted by Gasteiger charge is -2.21. The maximum absolute atomic E-state index is 13.1. The number of nitrogens with zero attached hydrogens (tertiary/aromatic N) is 1. The molecule has 21 heavy (non-hydrogen) atoms. The van der Waals surface area contributed by atoms with E-state index in [0.29, 0.717) is 6.07 Å². The van der Waals surface area contributed by atoms with Crippen molar-refractivity contribution >= 4 is 17.7 Å². The number of rotatable bonds is 3. The summed E-state index contributed by atoms with van der Waals surface area (Å²) in [6, 6.07) is 0.786. The standard InChI is InChI=1S/C13H14F2N2O4/c1-21-10-5-11(12(18)19)17(6-10)13(20)16-9-3-7(14)2-8(15)4-9/h2-4,10-11H,5-6H2,1H3,(H,16,20)(H,18,19). The Bertz CT molecular complexity index is 547. The van der Waals surface area contributed by atoms with Crippen LogP contribution >= 0.6 is 0 Å². The van der Waals surface area contributed by atoms with Gasteiger partial charge in [0.2, 0.25) is 0 Å². The highest BCUT2D eigenvalue weighted by molar-refractivity contribution is 5.92. The van der Waals surface area contributed by atoms with Gasteiger partial charge < -0.3 is 20.1 Å². The van der Waals surface area contributed by atoms with Crippen molar-refractivity contribution in [2.75, 3.05) is 19.0 Å². The number of nitrogens with one attached hydrogen (secondary N) is 1. The number of hydrogen-bond donors (Lipinski definition) is 2. The Morgan fingerprint density at radius 2 is 1.95 bits per heavy atom. The average molecular weight is 300 g/mol. The molecule has 1 aromatic rings. The Balaban J connectivity index is 2.13. The summed E-state index contributed by atoms with van der Waals surface area (Å²) in [5.74, 6) is -2.83. The Morgan fingerprint density at radius 1 is 1.33 bits per heavy atom. The molecule has 0 aromatic heterocycles. The number of carbonyl (C=O) groups excluding carboxylic acids is 1. The monoisotopic (exact) mass is 300 g/mol. The third kappa shape index (κ3) is 3.46. The molecule has 0 bridgehead atoms. The van der Waals surface area contributed by atoms with Crippen molar-refractivity contribution in [3.05, 3.63) is 29.8 Å². The van der Waals surface area contributed by atoms with Crippen molar-refractivity contribution < 1.29 is 28.2 Å². The number of amides is 2. The summed E-state index contributed by atoms with van der Waals surface area (Å²) in [5.41, 5.74) is -0.0810. The van der Waals surface area contributed by atoms with Gasteiger partial charge in [0.05, 0.1) is 6.10 Å². The van der Waals surface area contributed by atoms with Gasteiger partial charge in [-0.1, -0.05) is 0 Å². The van der Waals surface area contributed by atoms with E-state index in [4.69, 9.17) is 9.84 Å². The predicted molar refractivity (Wildman–Crippen MR) is 68.9 cm³/mol. The van der Waals surface area contributed by atoms with Crippen LogP contribution in [0.15, 0.2) is 18.2 Å². The number of benzene rings is 1. The fourth-order valence-electron chi connectivity index (χ4n) is 2.25. The second-order valence-corrected chi connectivity index (χ2v) is 4.69. The first-order chi connectivity index (χ1) is 9.90. The van der Waals surface area contributed by atoms with Crippen molar-refractivity contribution in [2.45, 2.75) is 18.6 Å². The molecular weight excluding hydrogens is 286 g/mol. The van der Waals surface area contributed by atoms with E-state index in [-0.39, 0.29) is 24.8 Å². The van der Waals surface area contributed by atoms with E-state index in [1.165, 1.54) is 7.11 Å². The lowest BCUT2D eigenvalue weighted by Crippen LogP contribution is -2.43. The fourth-order valence-corrected chi connectivity index (χ4v) is 2.25. The Morgan fingerprint density at radius 3 is 2.48 bits per heavy atom. The molecule has 2 atom stereocenters. The van der Waals surface area contributed by atoms with E-state index >= 15 is 0 Å². The topological polar surface area (TPSA) is 78.9 Å². The van der Waals surface area contributed by atoms with E-state index in [2.05, 4.69) is 5.32 Å². The minimum Gasteiger partial charge on any atom is -0.480 e. The summed E-state index contributed by atoms with van der Waals surface area (Å²) in [4.78, 5) is 24.3. The molecule has 1 saturated heterocycles. The SMILES string of the molecule is COC1CC(C(=O)O)N(C(=O)Nc2cc(F)cc(F)c2)C1. The van der Waals surface area contributed by atoms with Crippen molar-refractivity contribution in [2.24, 2.45) is 0 Å². The van der Waals surface area contributed by atoms with Crippen LogP contribution in [0.25, 0.3) is 0 Å². The van der Waals surface area contributed by atoms with Gasteiger partial charge in [0, 0.05) is 31.8 Å².